The molecular weight excluding hydrogens is 326 g/mol. The van der Waals surface area contributed by atoms with Gasteiger partial charge < -0.3 is 4.74 Å². The van der Waals surface area contributed by atoms with E-state index in [4.69, 9.17) is 16.3 Å². The second-order valence-electron chi connectivity index (χ2n) is 3.23. The summed E-state index contributed by atoms with van der Waals surface area (Å²) in [5.74, 6) is -0.0671. The first-order valence-electron chi connectivity index (χ1n) is 4.38. The SMILES string of the molecule is COC1=C(Cl)C(c2ccc(I)cc2)C1=O. The Hall–Kier alpha value is -0.550. The molecular formula is C11H8ClIO2. The van der Waals surface area contributed by atoms with E-state index < -0.39 is 0 Å². The largest absolute Gasteiger partial charge is 0.492 e. The lowest BCUT2D eigenvalue weighted by Gasteiger charge is -2.26. The van der Waals surface area contributed by atoms with E-state index in [0.29, 0.717) is 10.8 Å². The molecule has 0 bridgehead atoms. The first-order chi connectivity index (χ1) is 7.15. The van der Waals surface area contributed by atoms with Crippen LogP contribution in [0.5, 0.6) is 0 Å². The number of allylic oxidation sites excluding steroid dienone is 2. The lowest BCUT2D eigenvalue weighted by atomic mass is 9.84. The summed E-state index contributed by atoms with van der Waals surface area (Å²) in [5.41, 5.74) is 0.922. The van der Waals surface area contributed by atoms with E-state index in [1.54, 1.807) is 0 Å². The summed E-state index contributed by atoms with van der Waals surface area (Å²) in [6, 6.07) is 7.74. The van der Waals surface area contributed by atoms with Crippen molar-refractivity contribution in [2.24, 2.45) is 0 Å². The van der Waals surface area contributed by atoms with Gasteiger partial charge in [0.05, 0.1) is 18.1 Å². The van der Waals surface area contributed by atoms with Crippen molar-refractivity contribution < 1.29 is 9.53 Å². The number of Topliss-reactive ketones (excluding diaryl/α,β-unsaturated/α-hetero) is 1. The van der Waals surface area contributed by atoms with E-state index in [-0.39, 0.29) is 11.7 Å². The maximum Gasteiger partial charge on any atom is 0.211 e. The zero-order valence-corrected chi connectivity index (χ0v) is 10.9. The first kappa shape index (κ1) is 11.0. The van der Waals surface area contributed by atoms with Gasteiger partial charge in [-0.3, -0.25) is 4.79 Å². The average molecular weight is 335 g/mol. The van der Waals surface area contributed by atoms with Crippen LogP contribution in [0.3, 0.4) is 0 Å². The van der Waals surface area contributed by atoms with Crippen molar-refractivity contribution in [3.63, 3.8) is 0 Å². The van der Waals surface area contributed by atoms with Crippen LogP contribution in [-0.4, -0.2) is 12.9 Å². The van der Waals surface area contributed by atoms with Crippen LogP contribution >= 0.6 is 34.2 Å². The molecule has 0 aliphatic heterocycles. The van der Waals surface area contributed by atoms with Crippen LogP contribution in [-0.2, 0) is 9.53 Å². The average Bonchev–Trinajstić information content (AvgIpc) is 2.22. The minimum absolute atomic E-state index is 0.0382. The van der Waals surface area contributed by atoms with Crippen LogP contribution in [0, 0.1) is 3.57 Å². The van der Waals surface area contributed by atoms with Crippen LogP contribution < -0.4 is 0 Å². The lowest BCUT2D eigenvalue weighted by molar-refractivity contribution is -0.121. The number of ketones is 1. The zero-order valence-electron chi connectivity index (χ0n) is 7.96. The molecule has 1 unspecified atom stereocenters. The van der Waals surface area contributed by atoms with Crippen molar-refractivity contribution in [2.45, 2.75) is 5.92 Å². The highest BCUT2D eigenvalue weighted by Crippen LogP contribution is 2.41. The molecule has 0 spiro atoms. The van der Waals surface area contributed by atoms with Crippen molar-refractivity contribution in [3.8, 4) is 0 Å². The number of benzene rings is 1. The Balaban J connectivity index is 2.32. The highest BCUT2D eigenvalue weighted by molar-refractivity contribution is 14.1. The molecule has 78 valence electrons. The zero-order chi connectivity index (χ0) is 11.0. The van der Waals surface area contributed by atoms with Crippen LogP contribution in [0.2, 0.25) is 0 Å². The topological polar surface area (TPSA) is 26.3 Å². The van der Waals surface area contributed by atoms with Gasteiger partial charge in [-0.1, -0.05) is 23.7 Å². The smallest absolute Gasteiger partial charge is 0.211 e. The number of carbonyl (C=O) groups is 1. The van der Waals surface area contributed by atoms with Gasteiger partial charge in [-0.05, 0) is 40.3 Å². The number of methoxy groups -OCH3 is 1. The highest BCUT2D eigenvalue weighted by atomic mass is 127. The minimum Gasteiger partial charge on any atom is -0.492 e. The summed E-state index contributed by atoms with van der Waals surface area (Å²) in [4.78, 5) is 11.6. The Morgan fingerprint density at radius 2 is 1.93 bits per heavy atom. The molecule has 15 heavy (non-hydrogen) atoms. The molecule has 1 aliphatic carbocycles. The van der Waals surface area contributed by atoms with Gasteiger partial charge in [0, 0.05) is 3.57 Å². The Labute approximate surface area is 106 Å². The Bertz CT molecular complexity index is 436. The molecule has 2 rings (SSSR count). The van der Waals surface area contributed by atoms with Gasteiger partial charge in [0.15, 0.2) is 5.76 Å². The number of carbonyl (C=O) groups excluding carboxylic acids is 1. The fourth-order valence-corrected chi connectivity index (χ4v) is 2.32. The molecule has 0 N–H and O–H groups in total. The fraction of sp³-hybridized carbons (Fsp3) is 0.182. The number of rotatable bonds is 2. The second kappa shape index (κ2) is 4.14. The predicted molar refractivity (Wildman–Crippen MR) is 66.8 cm³/mol. The summed E-state index contributed by atoms with van der Waals surface area (Å²) < 4.78 is 6.02. The number of hydrogen-bond acceptors (Lipinski definition) is 2. The summed E-state index contributed by atoms with van der Waals surface area (Å²) in [7, 11) is 1.46. The number of halogens is 2. The molecule has 0 saturated heterocycles. The molecule has 1 atom stereocenters. The number of hydrogen-bond donors (Lipinski definition) is 0. The van der Waals surface area contributed by atoms with E-state index in [1.165, 1.54) is 7.11 Å². The molecule has 1 aromatic rings. The lowest BCUT2D eigenvalue weighted by Crippen LogP contribution is -2.27. The van der Waals surface area contributed by atoms with Gasteiger partial charge in [0.1, 0.15) is 0 Å². The van der Waals surface area contributed by atoms with Crippen molar-refractivity contribution in [2.75, 3.05) is 7.11 Å². The van der Waals surface area contributed by atoms with E-state index >= 15 is 0 Å². The van der Waals surface area contributed by atoms with Crippen molar-refractivity contribution in [3.05, 3.63) is 44.2 Å². The third-order valence-corrected chi connectivity index (χ3v) is 3.47. The quantitative estimate of drug-likeness (QED) is 0.777. The van der Waals surface area contributed by atoms with Gasteiger partial charge in [-0.15, -0.1) is 0 Å². The van der Waals surface area contributed by atoms with Crippen molar-refractivity contribution in [1.82, 2.24) is 0 Å². The molecule has 1 aliphatic rings. The van der Waals surface area contributed by atoms with E-state index in [9.17, 15) is 4.79 Å². The Morgan fingerprint density at radius 3 is 2.40 bits per heavy atom. The third kappa shape index (κ3) is 1.78. The monoisotopic (exact) mass is 334 g/mol. The van der Waals surface area contributed by atoms with Crippen LogP contribution in [0.25, 0.3) is 0 Å². The molecule has 0 saturated carbocycles. The molecule has 2 nitrogen and oxygen atoms in total. The Kier molecular flexibility index (Phi) is 3.02. The highest BCUT2D eigenvalue weighted by Gasteiger charge is 2.40. The van der Waals surface area contributed by atoms with E-state index in [0.717, 1.165) is 9.13 Å². The Morgan fingerprint density at radius 1 is 1.33 bits per heavy atom. The van der Waals surface area contributed by atoms with Crippen LogP contribution in [0.15, 0.2) is 35.1 Å². The maximum absolute atomic E-state index is 11.6. The first-order valence-corrected chi connectivity index (χ1v) is 5.84. The van der Waals surface area contributed by atoms with Gasteiger partial charge in [-0.2, -0.15) is 0 Å². The van der Waals surface area contributed by atoms with E-state index in [2.05, 4.69) is 22.6 Å². The summed E-state index contributed by atoms with van der Waals surface area (Å²) in [6.45, 7) is 0. The normalized spacial score (nSPS) is 20.2. The van der Waals surface area contributed by atoms with Crippen LogP contribution in [0.4, 0.5) is 0 Å². The summed E-state index contributed by atoms with van der Waals surface area (Å²) >= 11 is 8.20. The minimum atomic E-state index is -0.321. The third-order valence-electron chi connectivity index (χ3n) is 2.36. The summed E-state index contributed by atoms with van der Waals surface area (Å²) in [6.07, 6.45) is 0. The van der Waals surface area contributed by atoms with Gasteiger partial charge >= 0.3 is 0 Å². The van der Waals surface area contributed by atoms with Gasteiger partial charge in [0.2, 0.25) is 5.78 Å². The standard InChI is InChI=1S/C11H8ClIO2/c1-15-11-9(12)8(10(11)14)6-2-4-7(13)5-3-6/h2-5,8H,1H3. The molecule has 0 heterocycles. The van der Waals surface area contributed by atoms with E-state index in [1.807, 2.05) is 24.3 Å². The predicted octanol–water partition coefficient (Wildman–Crippen LogP) is 3.05. The van der Waals surface area contributed by atoms with Gasteiger partial charge in [-0.25, -0.2) is 0 Å². The molecule has 4 heteroatoms. The molecule has 0 fully saturated rings. The van der Waals surface area contributed by atoms with Crippen molar-refractivity contribution >= 4 is 40.0 Å². The molecule has 1 aromatic carbocycles. The fourth-order valence-electron chi connectivity index (χ4n) is 1.57. The van der Waals surface area contributed by atoms with Crippen molar-refractivity contribution in [1.29, 1.82) is 0 Å². The molecule has 0 radical (unpaired) electrons. The second-order valence-corrected chi connectivity index (χ2v) is 4.88. The summed E-state index contributed by atoms with van der Waals surface area (Å²) in [5, 5.41) is 0.503. The molecule has 0 amide bonds. The maximum atomic E-state index is 11.6. The molecule has 0 aromatic heterocycles. The van der Waals surface area contributed by atoms with Gasteiger partial charge in [0.25, 0.3) is 0 Å². The number of ether oxygens (including phenoxy) is 1. The van der Waals surface area contributed by atoms with Crippen LogP contribution in [0.1, 0.15) is 11.5 Å².